The van der Waals surface area contributed by atoms with E-state index in [4.69, 9.17) is 0 Å². The summed E-state index contributed by atoms with van der Waals surface area (Å²) in [5.74, 6) is -0.343. The second-order valence-corrected chi connectivity index (χ2v) is 5.93. The van der Waals surface area contributed by atoms with Crippen molar-refractivity contribution in [2.24, 2.45) is 4.99 Å². The molecule has 0 bridgehead atoms. The van der Waals surface area contributed by atoms with Gasteiger partial charge in [-0.05, 0) is 35.7 Å². The number of halogens is 2. The lowest BCUT2D eigenvalue weighted by molar-refractivity contribution is 0.505. The van der Waals surface area contributed by atoms with Crippen LogP contribution in [-0.4, -0.2) is 34.2 Å². The van der Waals surface area contributed by atoms with Gasteiger partial charge in [-0.2, -0.15) is 0 Å². The Bertz CT molecular complexity index is 921. The molecule has 2 heterocycles. The van der Waals surface area contributed by atoms with Crippen molar-refractivity contribution in [2.45, 2.75) is 19.4 Å². The highest BCUT2D eigenvalue weighted by atomic mass is 19.2. The van der Waals surface area contributed by atoms with E-state index in [1.807, 2.05) is 35.7 Å². The molecule has 0 aliphatic carbocycles. The molecule has 0 spiro atoms. The lowest BCUT2D eigenvalue weighted by Gasteiger charge is -2.16. The highest BCUT2D eigenvalue weighted by Gasteiger charge is 2.11. The normalized spacial score (nSPS) is 13.0. The molecule has 0 radical (unpaired) electrons. The molecule has 0 amide bonds. The number of hydrogen-bond acceptors (Lipinski definition) is 3. The summed E-state index contributed by atoms with van der Waals surface area (Å²) in [7, 11) is 1.67. The standard InChI is InChI=1S/C18H20F2N6/c1-12(13-6-7-14(19)15(20)9-13)10-22-18(21-2)23-11-17-25-24-16-5-3-4-8-26(16)17/h3-9,12H,10-11H2,1-2H3,(H2,21,22,23). The van der Waals surface area contributed by atoms with Crippen LogP contribution in [0, 0.1) is 11.6 Å². The topological polar surface area (TPSA) is 66.6 Å². The molecule has 0 fully saturated rings. The van der Waals surface area contributed by atoms with E-state index in [1.165, 1.54) is 6.07 Å². The van der Waals surface area contributed by atoms with Gasteiger partial charge in [0.05, 0.1) is 6.54 Å². The van der Waals surface area contributed by atoms with Gasteiger partial charge in [0, 0.05) is 19.8 Å². The first-order valence-corrected chi connectivity index (χ1v) is 8.26. The number of fused-ring (bicyclic) bond motifs is 1. The Morgan fingerprint density at radius 3 is 2.77 bits per heavy atom. The molecule has 3 aromatic rings. The minimum atomic E-state index is -0.841. The molecule has 6 nitrogen and oxygen atoms in total. The first-order valence-electron chi connectivity index (χ1n) is 8.26. The van der Waals surface area contributed by atoms with Crippen molar-refractivity contribution in [3.8, 4) is 0 Å². The number of hydrogen-bond donors (Lipinski definition) is 2. The lowest BCUT2D eigenvalue weighted by Crippen LogP contribution is -2.39. The summed E-state index contributed by atoms with van der Waals surface area (Å²) in [6, 6.07) is 9.65. The van der Waals surface area contributed by atoms with Crippen LogP contribution in [-0.2, 0) is 6.54 Å². The molecule has 8 heteroatoms. The summed E-state index contributed by atoms with van der Waals surface area (Å²) < 4.78 is 28.3. The number of aromatic nitrogens is 3. The first kappa shape index (κ1) is 17.8. The fraction of sp³-hybridized carbons (Fsp3) is 0.278. The maximum absolute atomic E-state index is 13.4. The Balaban J connectivity index is 1.57. The maximum atomic E-state index is 13.4. The fourth-order valence-corrected chi connectivity index (χ4v) is 2.58. The predicted molar refractivity (Wildman–Crippen MR) is 96.0 cm³/mol. The van der Waals surface area contributed by atoms with E-state index in [-0.39, 0.29) is 5.92 Å². The second kappa shape index (κ2) is 7.90. The zero-order chi connectivity index (χ0) is 18.5. The maximum Gasteiger partial charge on any atom is 0.191 e. The SMILES string of the molecule is CN=C(NCc1nnc2ccccn12)NCC(C)c1ccc(F)c(F)c1. The van der Waals surface area contributed by atoms with Crippen molar-refractivity contribution in [3.05, 3.63) is 65.6 Å². The number of aliphatic imine (C=N–C) groups is 1. The van der Waals surface area contributed by atoms with Crippen LogP contribution in [0.5, 0.6) is 0 Å². The zero-order valence-corrected chi connectivity index (χ0v) is 14.6. The highest BCUT2D eigenvalue weighted by Crippen LogP contribution is 2.17. The fourth-order valence-electron chi connectivity index (χ4n) is 2.58. The third-order valence-corrected chi connectivity index (χ3v) is 4.11. The molecular weight excluding hydrogens is 338 g/mol. The molecule has 0 aliphatic rings. The van der Waals surface area contributed by atoms with E-state index in [0.29, 0.717) is 19.0 Å². The largest absolute Gasteiger partial charge is 0.356 e. The van der Waals surface area contributed by atoms with E-state index >= 15 is 0 Å². The van der Waals surface area contributed by atoms with E-state index in [9.17, 15) is 8.78 Å². The van der Waals surface area contributed by atoms with Crippen LogP contribution in [0.1, 0.15) is 24.2 Å². The van der Waals surface area contributed by atoms with Crippen LogP contribution in [0.15, 0.2) is 47.6 Å². The van der Waals surface area contributed by atoms with E-state index < -0.39 is 11.6 Å². The summed E-state index contributed by atoms with van der Waals surface area (Å²) in [6.45, 7) is 2.90. The van der Waals surface area contributed by atoms with Gasteiger partial charge in [-0.1, -0.05) is 19.1 Å². The average Bonchev–Trinajstić information content (AvgIpc) is 3.07. The Hall–Kier alpha value is -3.03. The number of nitrogens with zero attached hydrogens (tertiary/aromatic N) is 4. The Morgan fingerprint density at radius 1 is 1.15 bits per heavy atom. The predicted octanol–water partition coefficient (Wildman–Crippen LogP) is 2.48. The Morgan fingerprint density at radius 2 is 2.00 bits per heavy atom. The summed E-state index contributed by atoms with van der Waals surface area (Å²) in [6.07, 6.45) is 1.90. The van der Waals surface area contributed by atoms with Crippen LogP contribution in [0.25, 0.3) is 5.65 Å². The Labute approximate surface area is 150 Å². The minimum absolute atomic E-state index is 0.0161. The molecule has 1 unspecified atom stereocenters. The molecule has 2 N–H and O–H groups in total. The van der Waals surface area contributed by atoms with Crippen molar-refractivity contribution < 1.29 is 8.78 Å². The van der Waals surface area contributed by atoms with Crippen molar-refractivity contribution >= 4 is 11.6 Å². The van der Waals surface area contributed by atoms with Gasteiger partial charge in [0.1, 0.15) is 0 Å². The number of benzene rings is 1. The van der Waals surface area contributed by atoms with Gasteiger partial charge in [-0.3, -0.25) is 9.39 Å². The molecule has 136 valence electrons. The molecule has 1 atom stereocenters. The summed E-state index contributed by atoms with van der Waals surface area (Å²) in [4.78, 5) is 4.17. The molecule has 0 saturated heterocycles. The van der Waals surface area contributed by atoms with Crippen LogP contribution >= 0.6 is 0 Å². The second-order valence-electron chi connectivity index (χ2n) is 5.93. The number of guanidine groups is 1. The van der Waals surface area contributed by atoms with Gasteiger partial charge in [-0.25, -0.2) is 8.78 Å². The van der Waals surface area contributed by atoms with Gasteiger partial charge < -0.3 is 10.6 Å². The third-order valence-electron chi connectivity index (χ3n) is 4.11. The first-order chi connectivity index (χ1) is 12.6. The molecular formula is C18H20F2N6. The van der Waals surface area contributed by atoms with Crippen LogP contribution in [0.3, 0.4) is 0 Å². The lowest BCUT2D eigenvalue weighted by atomic mass is 10.0. The van der Waals surface area contributed by atoms with Gasteiger partial charge in [0.15, 0.2) is 29.1 Å². The van der Waals surface area contributed by atoms with E-state index in [0.717, 1.165) is 23.1 Å². The summed E-state index contributed by atoms with van der Waals surface area (Å²) in [5, 5.41) is 14.6. The minimum Gasteiger partial charge on any atom is -0.356 e. The van der Waals surface area contributed by atoms with Gasteiger partial charge in [0.25, 0.3) is 0 Å². The van der Waals surface area contributed by atoms with Crippen LogP contribution in [0.2, 0.25) is 0 Å². The van der Waals surface area contributed by atoms with Crippen LogP contribution < -0.4 is 10.6 Å². The molecule has 0 saturated carbocycles. The van der Waals surface area contributed by atoms with Gasteiger partial charge in [0.2, 0.25) is 0 Å². The molecule has 0 aliphatic heterocycles. The number of pyridine rings is 1. The van der Waals surface area contributed by atoms with E-state index in [1.54, 1.807) is 13.1 Å². The molecule has 3 rings (SSSR count). The highest BCUT2D eigenvalue weighted by molar-refractivity contribution is 5.79. The van der Waals surface area contributed by atoms with Gasteiger partial charge >= 0.3 is 0 Å². The number of rotatable bonds is 5. The average molecular weight is 358 g/mol. The monoisotopic (exact) mass is 358 g/mol. The van der Waals surface area contributed by atoms with E-state index in [2.05, 4.69) is 25.8 Å². The van der Waals surface area contributed by atoms with Gasteiger partial charge in [-0.15, -0.1) is 10.2 Å². The van der Waals surface area contributed by atoms with Crippen molar-refractivity contribution in [1.82, 2.24) is 25.2 Å². The van der Waals surface area contributed by atoms with Crippen molar-refractivity contribution in [1.29, 1.82) is 0 Å². The molecule has 1 aromatic carbocycles. The Kier molecular flexibility index (Phi) is 5.40. The smallest absolute Gasteiger partial charge is 0.191 e. The summed E-state index contributed by atoms with van der Waals surface area (Å²) >= 11 is 0. The number of nitrogens with one attached hydrogen (secondary N) is 2. The van der Waals surface area contributed by atoms with Crippen LogP contribution in [0.4, 0.5) is 8.78 Å². The molecule has 2 aromatic heterocycles. The zero-order valence-electron chi connectivity index (χ0n) is 14.6. The summed E-state index contributed by atoms with van der Waals surface area (Å²) in [5.41, 5.74) is 1.49. The van der Waals surface area contributed by atoms with Crippen molar-refractivity contribution in [3.63, 3.8) is 0 Å². The van der Waals surface area contributed by atoms with Crippen molar-refractivity contribution in [2.75, 3.05) is 13.6 Å². The quantitative estimate of drug-likeness (QED) is 0.543. The third kappa shape index (κ3) is 3.96. The molecule has 26 heavy (non-hydrogen) atoms.